The summed E-state index contributed by atoms with van der Waals surface area (Å²) in [5, 5.41) is 3.29. The van der Waals surface area contributed by atoms with Crippen molar-refractivity contribution in [2.45, 2.75) is 70.9 Å². The maximum atomic E-state index is 11.0. The number of carbonyl (C=O) groups is 1. The zero-order chi connectivity index (χ0) is 15.8. The Balaban J connectivity index is 3.36. The number of rotatable bonds is 16. The van der Waals surface area contributed by atoms with Crippen molar-refractivity contribution in [2.75, 3.05) is 26.2 Å². The molecule has 0 heterocycles. The Morgan fingerprint density at radius 1 is 1.00 bits per heavy atom. The van der Waals surface area contributed by atoms with E-state index in [9.17, 15) is 4.79 Å². The second kappa shape index (κ2) is 15.7. The number of nitrogens with one attached hydrogen (secondary N) is 1. The molecule has 0 aliphatic carbocycles. The lowest BCUT2D eigenvalue weighted by molar-refractivity contribution is -0.118. The first-order valence-corrected chi connectivity index (χ1v) is 8.63. The first-order valence-electron chi connectivity index (χ1n) is 8.63. The van der Waals surface area contributed by atoms with Crippen LogP contribution in [-0.2, 0) is 4.79 Å². The van der Waals surface area contributed by atoms with E-state index in [1.54, 1.807) is 0 Å². The Morgan fingerprint density at radius 2 is 1.57 bits per heavy atom. The van der Waals surface area contributed by atoms with Crippen LogP contribution in [0.15, 0.2) is 0 Å². The van der Waals surface area contributed by atoms with Crippen molar-refractivity contribution in [3.63, 3.8) is 0 Å². The van der Waals surface area contributed by atoms with E-state index in [1.807, 2.05) is 4.90 Å². The molecule has 0 saturated carbocycles. The molecule has 5 nitrogen and oxygen atoms in total. The monoisotopic (exact) mass is 300 g/mol. The molecule has 0 aromatic carbocycles. The van der Waals surface area contributed by atoms with Crippen LogP contribution in [0.4, 0.5) is 0 Å². The molecular weight excluding hydrogens is 264 g/mol. The van der Waals surface area contributed by atoms with Gasteiger partial charge in [-0.1, -0.05) is 32.6 Å². The SMILES string of the molecule is CCC(N)NCCCCCCN(C=O)CCCCCCN. The van der Waals surface area contributed by atoms with Gasteiger partial charge in [0.1, 0.15) is 0 Å². The van der Waals surface area contributed by atoms with Gasteiger partial charge in [0.05, 0.1) is 6.17 Å². The summed E-state index contributed by atoms with van der Waals surface area (Å²) < 4.78 is 0. The molecule has 0 aliphatic heterocycles. The van der Waals surface area contributed by atoms with Crippen LogP contribution >= 0.6 is 0 Å². The summed E-state index contributed by atoms with van der Waals surface area (Å²) in [4.78, 5) is 12.9. The lowest BCUT2D eigenvalue weighted by Gasteiger charge is -2.17. The van der Waals surface area contributed by atoms with Gasteiger partial charge >= 0.3 is 0 Å². The highest BCUT2D eigenvalue weighted by atomic mass is 16.1. The molecule has 1 atom stereocenters. The maximum Gasteiger partial charge on any atom is 0.209 e. The molecular formula is C16H36N4O. The molecule has 126 valence electrons. The first-order chi connectivity index (χ1) is 10.2. The summed E-state index contributed by atoms with van der Waals surface area (Å²) in [6.45, 7) is 5.63. The molecule has 0 aromatic rings. The number of carbonyl (C=O) groups excluding carboxylic acids is 1. The van der Waals surface area contributed by atoms with Gasteiger partial charge in [-0.15, -0.1) is 0 Å². The van der Waals surface area contributed by atoms with E-state index in [0.717, 1.165) is 64.7 Å². The fraction of sp³-hybridized carbons (Fsp3) is 0.938. The van der Waals surface area contributed by atoms with E-state index in [0.29, 0.717) is 0 Å². The van der Waals surface area contributed by atoms with E-state index < -0.39 is 0 Å². The van der Waals surface area contributed by atoms with Crippen LogP contribution in [0.25, 0.3) is 0 Å². The predicted molar refractivity (Wildman–Crippen MR) is 89.9 cm³/mol. The summed E-state index contributed by atoms with van der Waals surface area (Å²) in [7, 11) is 0. The topological polar surface area (TPSA) is 84.4 Å². The van der Waals surface area contributed by atoms with E-state index in [1.165, 1.54) is 25.7 Å². The first kappa shape index (κ1) is 20.3. The highest BCUT2D eigenvalue weighted by Gasteiger charge is 2.01. The van der Waals surface area contributed by atoms with Gasteiger partial charge in [0.15, 0.2) is 0 Å². The predicted octanol–water partition coefficient (Wildman–Crippen LogP) is 1.81. The van der Waals surface area contributed by atoms with Gasteiger partial charge in [0.25, 0.3) is 0 Å². The molecule has 0 saturated heterocycles. The maximum absolute atomic E-state index is 11.0. The highest BCUT2D eigenvalue weighted by Crippen LogP contribution is 2.04. The molecule has 0 aliphatic rings. The Labute approximate surface area is 130 Å². The van der Waals surface area contributed by atoms with Crippen LogP contribution in [0, 0.1) is 0 Å². The molecule has 5 N–H and O–H groups in total. The molecule has 0 rings (SSSR count). The Morgan fingerprint density at radius 3 is 2.10 bits per heavy atom. The average Bonchev–Trinajstić information content (AvgIpc) is 2.51. The van der Waals surface area contributed by atoms with E-state index in [2.05, 4.69) is 12.2 Å². The third kappa shape index (κ3) is 14.1. The van der Waals surface area contributed by atoms with E-state index >= 15 is 0 Å². The van der Waals surface area contributed by atoms with Crippen LogP contribution in [0.3, 0.4) is 0 Å². The Hall–Kier alpha value is -0.650. The Kier molecular flexibility index (Phi) is 15.2. The van der Waals surface area contributed by atoms with Crippen molar-refractivity contribution >= 4 is 6.41 Å². The standard InChI is InChI=1S/C16H36N4O/c1-2-16(18)19-12-8-4-6-10-14-20(15-21)13-9-5-3-7-11-17/h15-16,19H,2-14,17-18H2,1H3. The minimum Gasteiger partial charge on any atom is -0.345 e. The summed E-state index contributed by atoms with van der Waals surface area (Å²) in [6.07, 6.45) is 11.3. The minimum absolute atomic E-state index is 0.134. The average molecular weight is 300 g/mol. The van der Waals surface area contributed by atoms with Crippen LogP contribution < -0.4 is 16.8 Å². The van der Waals surface area contributed by atoms with Gasteiger partial charge in [0, 0.05) is 13.1 Å². The van der Waals surface area contributed by atoms with Crippen LogP contribution in [0.5, 0.6) is 0 Å². The highest BCUT2D eigenvalue weighted by molar-refractivity contribution is 5.46. The Bertz CT molecular complexity index is 226. The third-order valence-corrected chi connectivity index (χ3v) is 3.77. The van der Waals surface area contributed by atoms with Crippen molar-refractivity contribution < 1.29 is 4.79 Å². The summed E-state index contributed by atoms with van der Waals surface area (Å²) in [5.41, 5.74) is 11.2. The van der Waals surface area contributed by atoms with Gasteiger partial charge in [-0.3, -0.25) is 4.79 Å². The van der Waals surface area contributed by atoms with Crippen molar-refractivity contribution in [1.82, 2.24) is 10.2 Å². The molecule has 0 radical (unpaired) electrons. The van der Waals surface area contributed by atoms with Gasteiger partial charge in [-0.2, -0.15) is 0 Å². The number of nitrogens with zero attached hydrogens (tertiary/aromatic N) is 1. The lowest BCUT2D eigenvalue weighted by Crippen LogP contribution is -2.37. The smallest absolute Gasteiger partial charge is 0.209 e. The van der Waals surface area contributed by atoms with Crippen LogP contribution in [0.1, 0.15) is 64.7 Å². The second-order valence-electron chi connectivity index (χ2n) is 5.73. The van der Waals surface area contributed by atoms with E-state index in [-0.39, 0.29) is 6.17 Å². The molecule has 1 unspecified atom stereocenters. The number of nitrogens with two attached hydrogens (primary N) is 2. The van der Waals surface area contributed by atoms with E-state index in [4.69, 9.17) is 11.5 Å². The summed E-state index contributed by atoms with van der Waals surface area (Å²) >= 11 is 0. The quantitative estimate of drug-likeness (QED) is 0.230. The van der Waals surface area contributed by atoms with Crippen molar-refractivity contribution in [3.8, 4) is 0 Å². The van der Waals surface area contributed by atoms with Crippen LogP contribution in [-0.4, -0.2) is 43.7 Å². The molecule has 0 fully saturated rings. The molecule has 0 aromatic heterocycles. The zero-order valence-electron chi connectivity index (χ0n) is 13.9. The number of hydrogen-bond acceptors (Lipinski definition) is 4. The largest absolute Gasteiger partial charge is 0.345 e. The van der Waals surface area contributed by atoms with Crippen molar-refractivity contribution in [1.29, 1.82) is 0 Å². The van der Waals surface area contributed by atoms with Gasteiger partial charge in [-0.05, 0) is 45.2 Å². The molecule has 1 amide bonds. The van der Waals surface area contributed by atoms with Gasteiger partial charge < -0.3 is 21.7 Å². The molecule has 5 heteroatoms. The van der Waals surface area contributed by atoms with Gasteiger partial charge in [-0.25, -0.2) is 0 Å². The number of hydrogen-bond donors (Lipinski definition) is 3. The van der Waals surface area contributed by atoms with Crippen LogP contribution in [0.2, 0.25) is 0 Å². The number of unbranched alkanes of at least 4 members (excludes halogenated alkanes) is 6. The number of amides is 1. The van der Waals surface area contributed by atoms with Crippen molar-refractivity contribution in [2.24, 2.45) is 11.5 Å². The summed E-state index contributed by atoms with van der Waals surface area (Å²) in [6, 6.07) is 0. The van der Waals surface area contributed by atoms with Gasteiger partial charge in [0.2, 0.25) is 6.41 Å². The zero-order valence-corrected chi connectivity index (χ0v) is 13.9. The van der Waals surface area contributed by atoms with Crippen molar-refractivity contribution in [3.05, 3.63) is 0 Å². The third-order valence-electron chi connectivity index (χ3n) is 3.77. The fourth-order valence-corrected chi connectivity index (χ4v) is 2.26. The second-order valence-corrected chi connectivity index (χ2v) is 5.73. The molecule has 21 heavy (non-hydrogen) atoms. The lowest BCUT2D eigenvalue weighted by atomic mass is 10.1. The normalized spacial score (nSPS) is 12.3. The molecule has 0 spiro atoms. The fourth-order valence-electron chi connectivity index (χ4n) is 2.26. The molecule has 0 bridgehead atoms. The minimum atomic E-state index is 0.134. The summed E-state index contributed by atoms with van der Waals surface area (Å²) in [5.74, 6) is 0.